The average Bonchev–Trinajstić information content (AvgIpc) is 3.01. The Hall–Kier alpha value is -1.81. The van der Waals surface area contributed by atoms with Crippen molar-refractivity contribution in [2.75, 3.05) is 19.6 Å². The number of aromatic amines is 1. The predicted molar refractivity (Wildman–Crippen MR) is 85.5 cm³/mol. The lowest BCUT2D eigenvalue weighted by Gasteiger charge is -2.30. The highest BCUT2D eigenvalue weighted by Gasteiger charge is 2.21. The summed E-state index contributed by atoms with van der Waals surface area (Å²) in [5.41, 5.74) is 1.82. The maximum atomic E-state index is 12.8. The van der Waals surface area contributed by atoms with Crippen molar-refractivity contribution in [2.45, 2.75) is 32.2 Å². The van der Waals surface area contributed by atoms with E-state index >= 15 is 0 Å². The summed E-state index contributed by atoms with van der Waals surface area (Å²) in [6.45, 7) is 4.68. The summed E-state index contributed by atoms with van der Waals surface area (Å²) in [6.07, 6.45) is 5.56. The third kappa shape index (κ3) is 2.95. The van der Waals surface area contributed by atoms with E-state index in [1.165, 1.54) is 12.8 Å². The molecule has 1 fully saturated rings. The fourth-order valence-electron chi connectivity index (χ4n) is 3.14. The molecule has 1 aromatic heterocycles. The molecular weight excluding hydrogens is 262 g/mol. The highest BCUT2D eigenvalue weighted by Crippen LogP contribution is 2.19. The van der Waals surface area contributed by atoms with Gasteiger partial charge in [-0.2, -0.15) is 0 Å². The molecule has 0 spiro atoms. The van der Waals surface area contributed by atoms with Crippen LogP contribution < -0.4 is 5.32 Å². The molecule has 0 aliphatic carbocycles. The van der Waals surface area contributed by atoms with E-state index in [1.807, 2.05) is 35.4 Å². The van der Waals surface area contributed by atoms with Crippen LogP contribution in [0.5, 0.6) is 0 Å². The van der Waals surface area contributed by atoms with Crippen molar-refractivity contribution in [3.8, 4) is 0 Å². The number of aromatic nitrogens is 1. The van der Waals surface area contributed by atoms with Gasteiger partial charge < -0.3 is 15.2 Å². The summed E-state index contributed by atoms with van der Waals surface area (Å²) in [4.78, 5) is 18.0. The molecule has 4 heteroatoms. The van der Waals surface area contributed by atoms with Crippen LogP contribution in [0.15, 0.2) is 30.5 Å². The van der Waals surface area contributed by atoms with Crippen LogP contribution in [0.4, 0.5) is 0 Å². The van der Waals surface area contributed by atoms with Gasteiger partial charge in [0.1, 0.15) is 0 Å². The van der Waals surface area contributed by atoms with Crippen LogP contribution in [0, 0.1) is 0 Å². The second-order valence-electron chi connectivity index (χ2n) is 5.74. The third-order valence-electron chi connectivity index (χ3n) is 4.35. The van der Waals surface area contributed by atoms with Crippen molar-refractivity contribution in [2.24, 2.45) is 0 Å². The molecule has 0 radical (unpaired) electrons. The molecule has 1 saturated heterocycles. The number of rotatable bonds is 4. The summed E-state index contributed by atoms with van der Waals surface area (Å²) in [7, 11) is 0. The summed E-state index contributed by atoms with van der Waals surface area (Å²) < 4.78 is 0. The van der Waals surface area contributed by atoms with Gasteiger partial charge in [-0.1, -0.05) is 12.5 Å². The maximum Gasteiger partial charge on any atom is 0.254 e. The van der Waals surface area contributed by atoms with E-state index in [1.54, 1.807) is 0 Å². The monoisotopic (exact) mass is 285 g/mol. The van der Waals surface area contributed by atoms with Gasteiger partial charge in [-0.15, -0.1) is 0 Å². The Morgan fingerprint density at radius 1 is 1.33 bits per heavy atom. The first-order chi connectivity index (χ1) is 10.3. The van der Waals surface area contributed by atoms with Crippen molar-refractivity contribution in [1.82, 2.24) is 15.2 Å². The van der Waals surface area contributed by atoms with E-state index in [0.717, 1.165) is 42.5 Å². The molecule has 0 saturated carbocycles. The van der Waals surface area contributed by atoms with Crippen molar-refractivity contribution in [3.63, 3.8) is 0 Å². The summed E-state index contributed by atoms with van der Waals surface area (Å²) in [5, 5.41) is 4.53. The van der Waals surface area contributed by atoms with Crippen molar-refractivity contribution >= 4 is 16.8 Å². The standard InChI is InChI=1S/C17H23N3O/c1-2-20(12-13-6-3-4-10-18-13)17(21)15-7-5-8-16-14(15)9-11-19-16/h5,7-9,11,13,18-19H,2-4,6,10,12H2,1H3. The number of hydrogen-bond acceptors (Lipinski definition) is 2. The highest BCUT2D eigenvalue weighted by molar-refractivity contribution is 6.06. The average molecular weight is 285 g/mol. The van der Waals surface area contributed by atoms with Crippen LogP contribution in [0.1, 0.15) is 36.5 Å². The SMILES string of the molecule is CCN(CC1CCCCN1)C(=O)c1cccc2[nH]ccc12. The molecule has 112 valence electrons. The van der Waals surface area contributed by atoms with Crippen LogP contribution in [-0.2, 0) is 0 Å². The molecule has 3 rings (SSSR count). The largest absolute Gasteiger partial charge is 0.361 e. The Morgan fingerprint density at radius 2 is 2.24 bits per heavy atom. The normalized spacial score (nSPS) is 18.8. The molecule has 2 aromatic rings. The Morgan fingerprint density at radius 3 is 3.00 bits per heavy atom. The summed E-state index contributed by atoms with van der Waals surface area (Å²) in [5.74, 6) is 0.134. The number of nitrogens with zero attached hydrogens (tertiary/aromatic N) is 1. The van der Waals surface area contributed by atoms with Gasteiger partial charge in [0, 0.05) is 41.8 Å². The third-order valence-corrected chi connectivity index (χ3v) is 4.35. The smallest absolute Gasteiger partial charge is 0.254 e. The number of H-pyrrole nitrogens is 1. The maximum absolute atomic E-state index is 12.8. The van der Waals surface area contributed by atoms with Crippen molar-refractivity contribution in [3.05, 3.63) is 36.0 Å². The number of benzene rings is 1. The summed E-state index contributed by atoms with van der Waals surface area (Å²) in [6, 6.07) is 8.29. The zero-order valence-corrected chi connectivity index (χ0v) is 12.6. The van der Waals surface area contributed by atoms with Crippen LogP contribution >= 0.6 is 0 Å². The number of fused-ring (bicyclic) bond motifs is 1. The number of piperidine rings is 1. The minimum Gasteiger partial charge on any atom is -0.361 e. The van der Waals surface area contributed by atoms with Gasteiger partial charge >= 0.3 is 0 Å². The van der Waals surface area contributed by atoms with Gasteiger partial charge in [0.15, 0.2) is 0 Å². The number of carbonyl (C=O) groups is 1. The number of nitrogens with one attached hydrogen (secondary N) is 2. The van der Waals surface area contributed by atoms with Gasteiger partial charge in [0.05, 0.1) is 0 Å². The molecule has 2 N–H and O–H groups in total. The fourth-order valence-corrected chi connectivity index (χ4v) is 3.14. The highest BCUT2D eigenvalue weighted by atomic mass is 16.2. The Labute approximate surface area is 125 Å². The van der Waals surface area contributed by atoms with Crippen molar-refractivity contribution in [1.29, 1.82) is 0 Å². The zero-order chi connectivity index (χ0) is 14.7. The molecule has 1 unspecified atom stereocenters. The van der Waals surface area contributed by atoms with Gasteiger partial charge in [0.2, 0.25) is 0 Å². The lowest BCUT2D eigenvalue weighted by molar-refractivity contribution is 0.0743. The first kappa shape index (κ1) is 14.1. The van der Waals surface area contributed by atoms with E-state index in [9.17, 15) is 4.79 Å². The molecule has 1 aromatic carbocycles. The fraction of sp³-hybridized carbons (Fsp3) is 0.471. The molecular formula is C17H23N3O. The lowest BCUT2D eigenvalue weighted by atomic mass is 10.0. The number of carbonyl (C=O) groups excluding carboxylic acids is 1. The van der Waals surface area contributed by atoms with Crippen LogP contribution in [-0.4, -0.2) is 41.5 Å². The molecule has 0 bridgehead atoms. The van der Waals surface area contributed by atoms with E-state index < -0.39 is 0 Å². The molecule has 1 amide bonds. The van der Waals surface area contributed by atoms with Gasteiger partial charge in [-0.05, 0) is 44.5 Å². The molecule has 2 heterocycles. The number of likely N-dealkylation sites (N-methyl/N-ethyl adjacent to an activating group) is 1. The first-order valence-corrected chi connectivity index (χ1v) is 7.88. The van der Waals surface area contributed by atoms with E-state index in [2.05, 4.69) is 17.2 Å². The molecule has 21 heavy (non-hydrogen) atoms. The second-order valence-corrected chi connectivity index (χ2v) is 5.74. The summed E-state index contributed by atoms with van der Waals surface area (Å²) >= 11 is 0. The van der Waals surface area contributed by atoms with E-state index in [-0.39, 0.29) is 5.91 Å². The van der Waals surface area contributed by atoms with Crippen LogP contribution in [0.3, 0.4) is 0 Å². The molecule has 1 aliphatic rings. The van der Waals surface area contributed by atoms with Gasteiger partial charge in [-0.3, -0.25) is 4.79 Å². The van der Waals surface area contributed by atoms with Crippen molar-refractivity contribution < 1.29 is 4.79 Å². The number of amides is 1. The Bertz CT molecular complexity index is 613. The lowest BCUT2D eigenvalue weighted by Crippen LogP contribution is -2.45. The molecule has 1 atom stereocenters. The van der Waals surface area contributed by atoms with Crippen LogP contribution in [0.2, 0.25) is 0 Å². The Kier molecular flexibility index (Phi) is 4.25. The quantitative estimate of drug-likeness (QED) is 0.907. The zero-order valence-electron chi connectivity index (χ0n) is 12.6. The molecule has 4 nitrogen and oxygen atoms in total. The number of hydrogen-bond donors (Lipinski definition) is 2. The topological polar surface area (TPSA) is 48.1 Å². The van der Waals surface area contributed by atoms with Gasteiger partial charge in [-0.25, -0.2) is 0 Å². The minimum absolute atomic E-state index is 0.134. The second kappa shape index (κ2) is 6.31. The van der Waals surface area contributed by atoms with E-state index in [4.69, 9.17) is 0 Å². The first-order valence-electron chi connectivity index (χ1n) is 7.88. The van der Waals surface area contributed by atoms with Crippen LogP contribution in [0.25, 0.3) is 10.9 Å². The van der Waals surface area contributed by atoms with Gasteiger partial charge in [0.25, 0.3) is 5.91 Å². The van der Waals surface area contributed by atoms with E-state index in [0.29, 0.717) is 6.04 Å². The molecule has 1 aliphatic heterocycles. The minimum atomic E-state index is 0.134. The Balaban J connectivity index is 1.79. The predicted octanol–water partition coefficient (Wildman–Crippen LogP) is 2.77.